The van der Waals surface area contributed by atoms with Crippen molar-refractivity contribution in [2.75, 3.05) is 11.5 Å². The van der Waals surface area contributed by atoms with Gasteiger partial charge >= 0.3 is 0 Å². The van der Waals surface area contributed by atoms with Gasteiger partial charge < -0.3 is 14.3 Å². The number of aliphatic hydroxyl groups is 1. The molecule has 1 N–H and O–H groups in total. The van der Waals surface area contributed by atoms with Crippen molar-refractivity contribution in [3.8, 4) is 5.75 Å². The molecule has 0 saturated heterocycles. The van der Waals surface area contributed by atoms with Crippen molar-refractivity contribution in [2.45, 2.75) is 33.7 Å². The predicted octanol–water partition coefficient (Wildman–Crippen LogP) is 4.84. The molecule has 0 fully saturated rings. The van der Waals surface area contributed by atoms with E-state index in [0.717, 1.165) is 5.01 Å². The van der Waals surface area contributed by atoms with E-state index in [4.69, 9.17) is 9.15 Å². The maximum atomic E-state index is 13.5. The molecular formula is C23H22N2O5S. The van der Waals surface area contributed by atoms with Crippen LogP contribution in [0.1, 0.15) is 44.9 Å². The average Bonchev–Trinajstić information content (AvgIpc) is 3.38. The molecular weight excluding hydrogens is 416 g/mol. The van der Waals surface area contributed by atoms with Gasteiger partial charge in [0.25, 0.3) is 5.91 Å². The van der Waals surface area contributed by atoms with E-state index in [-0.39, 0.29) is 5.57 Å². The Bertz CT molecular complexity index is 1210. The maximum absolute atomic E-state index is 13.5. The second kappa shape index (κ2) is 8.03. The summed E-state index contributed by atoms with van der Waals surface area (Å²) in [5.41, 5.74) is 1.03. The summed E-state index contributed by atoms with van der Waals surface area (Å²) in [7, 11) is 0. The van der Waals surface area contributed by atoms with E-state index in [1.165, 1.54) is 16.2 Å². The fraction of sp³-hybridized carbons (Fsp3) is 0.261. The summed E-state index contributed by atoms with van der Waals surface area (Å²) in [5, 5.41) is 11.5. The molecule has 4 rings (SSSR count). The van der Waals surface area contributed by atoms with Crippen LogP contribution in [0.4, 0.5) is 5.69 Å². The molecule has 0 radical (unpaired) electrons. The number of furan rings is 1. The van der Waals surface area contributed by atoms with Crippen molar-refractivity contribution in [1.29, 1.82) is 0 Å². The first-order chi connectivity index (χ1) is 14.8. The smallest absolute Gasteiger partial charge is 0.294 e. The molecule has 1 atom stereocenters. The lowest BCUT2D eigenvalue weighted by Gasteiger charge is -2.25. The number of Topliss-reactive ketones (excluding diaryl/α,β-unsaturated/α-hetero) is 1. The summed E-state index contributed by atoms with van der Waals surface area (Å²) in [6.45, 7) is 7.66. The lowest BCUT2D eigenvalue weighted by atomic mass is 9.99. The number of rotatable bonds is 6. The molecule has 0 spiro atoms. The van der Waals surface area contributed by atoms with Gasteiger partial charge in [-0.3, -0.25) is 14.5 Å². The van der Waals surface area contributed by atoms with Crippen molar-refractivity contribution in [1.82, 2.24) is 4.98 Å². The van der Waals surface area contributed by atoms with Crippen LogP contribution in [0.3, 0.4) is 0 Å². The number of aryl methyl sites for hydroxylation is 3. The van der Waals surface area contributed by atoms with Gasteiger partial charge in [-0.2, -0.15) is 0 Å². The number of ether oxygens (including phenoxy) is 1. The second-order valence-electron chi connectivity index (χ2n) is 7.20. The summed E-state index contributed by atoms with van der Waals surface area (Å²) >= 11 is 1.23. The summed E-state index contributed by atoms with van der Waals surface area (Å²) in [6, 6.07) is 9.53. The molecule has 1 aliphatic rings. The Labute approximate surface area is 183 Å². The highest BCUT2D eigenvalue weighted by Gasteiger charge is 2.46. The van der Waals surface area contributed by atoms with Gasteiger partial charge in [0.15, 0.2) is 5.76 Å². The minimum absolute atomic E-state index is 0.0205. The zero-order chi connectivity index (χ0) is 22.3. The molecule has 160 valence electrons. The molecule has 0 saturated carbocycles. The molecule has 3 heterocycles. The van der Waals surface area contributed by atoms with Gasteiger partial charge in [0.1, 0.15) is 23.3 Å². The first-order valence-electron chi connectivity index (χ1n) is 9.86. The number of aliphatic hydroxyl groups excluding tert-OH is 1. The number of nitrogens with zero attached hydrogens (tertiary/aromatic N) is 2. The van der Waals surface area contributed by atoms with Crippen LogP contribution in [-0.4, -0.2) is 28.4 Å². The molecule has 7 nitrogen and oxygen atoms in total. The summed E-state index contributed by atoms with van der Waals surface area (Å²) < 4.78 is 11.4. The van der Waals surface area contributed by atoms with Gasteiger partial charge in [0.05, 0.1) is 27.8 Å². The quantitative estimate of drug-likeness (QED) is 0.554. The van der Waals surface area contributed by atoms with E-state index in [0.29, 0.717) is 40.1 Å². The number of hydrogen-bond acceptors (Lipinski definition) is 7. The van der Waals surface area contributed by atoms with E-state index in [1.807, 2.05) is 6.92 Å². The van der Waals surface area contributed by atoms with Gasteiger partial charge in [-0.15, -0.1) is 11.3 Å². The minimum Gasteiger partial charge on any atom is -0.503 e. The number of anilines is 1. The zero-order valence-electron chi connectivity index (χ0n) is 17.6. The number of benzene rings is 1. The van der Waals surface area contributed by atoms with Crippen LogP contribution in [0.15, 0.2) is 52.1 Å². The number of hydrogen-bond donors (Lipinski definition) is 1. The standard InChI is InChI=1S/C23H22N2O5S/c1-5-29-16-8-6-7-15(11-16)25-19(17-10-9-12(2)30-17)18(21(27)23(25)28)20(26)22-13(3)24-14(4)31-22/h6-11,19,27H,5H2,1-4H3. The van der Waals surface area contributed by atoms with Gasteiger partial charge in [-0.05, 0) is 52.0 Å². The molecule has 0 aliphatic carbocycles. The molecule has 31 heavy (non-hydrogen) atoms. The van der Waals surface area contributed by atoms with Gasteiger partial charge in [0.2, 0.25) is 5.78 Å². The number of thiazole rings is 1. The first kappa shape index (κ1) is 20.9. The monoisotopic (exact) mass is 438 g/mol. The lowest BCUT2D eigenvalue weighted by molar-refractivity contribution is -0.117. The Morgan fingerprint density at radius 1 is 1.26 bits per heavy atom. The van der Waals surface area contributed by atoms with E-state index >= 15 is 0 Å². The lowest BCUT2D eigenvalue weighted by Crippen LogP contribution is -2.30. The van der Waals surface area contributed by atoms with E-state index in [2.05, 4.69) is 4.98 Å². The van der Waals surface area contributed by atoms with Gasteiger partial charge in [-0.1, -0.05) is 6.07 Å². The molecule has 1 unspecified atom stereocenters. The highest BCUT2D eigenvalue weighted by atomic mass is 32.1. The number of amides is 1. The summed E-state index contributed by atoms with van der Waals surface area (Å²) in [4.78, 5) is 32.7. The molecule has 1 aliphatic heterocycles. The van der Waals surface area contributed by atoms with Crippen molar-refractivity contribution in [3.63, 3.8) is 0 Å². The zero-order valence-corrected chi connectivity index (χ0v) is 18.4. The largest absolute Gasteiger partial charge is 0.503 e. The third-order valence-electron chi connectivity index (χ3n) is 5.00. The van der Waals surface area contributed by atoms with Crippen molar-refractivity contribution < 1.29 is 23.8 Å². The molecule has 1 amide bonds. The highest BCUT2D eigenvalue weighted by Crippen LogP contribution is 2.43. The van der Waals surface area contributed by atoms with Crippen LogP contribution < -0.4 is 9.64 Å². The molecule has 0 bridgehead atoms. The summed E-state index contributed by atoms with van der Waals surface area (Å²) in [6.07, 6.45) is 0. The Morgan fingerprint density at radius 2 is 2.03 bits per heavy atom. The molecule has 2 aromatic heterocycles. The minimum atomic E-state index is -0.910. The number of aromatic nitrogens is 1. The van der Waals surface area contributed by atoms with Gasteiger partial charge in [0, 0.05) is 11.8 Å². The third-order valence-corrected chi connectivity index (χ3v) is 6.07. The molecule has 1 aromatic carbocycles. The van der Waals surface area contributed by atoms with Gasteiger partial charge in [-0.25, -0.2) is 4.98 Å². The van der Waals surface area contributed by atoms with Crippen molar-refractivity contribution >= 4 is 28.7 Å². The molecule has 8 heteroatoms. The van der Waals surface area contributed by atoms with Crippen LogP contribution >= 0.6 is 11.3 Å². The normalized spacial score (nSPS) is 16.3. The predicted molar refractivity (Wildman–Crippen MR) is 117 cm³/mol. The number of carbonyl (C=O) groups is 2. The van der Waals surface area contributed by atoms with Crippen LogP contribution in [0.5, 0.6) is 5.75 Å². The van der Waals surface area contributed by atoms with E-state index in [9.17, 15) is 14.7 Å². The van der Waals surface area contributed by atoms with Crippen LogP contribution in [0, 0.1) is 20.8 Å². The highest BCUT2D eigenvalue weighted by molar-refractivity contribution is 7.14. The molecule has 3 aromatic rings. The second-order valence-corrected chi connectivity index (χ2v) is 8.40. The van der Waals surface area contributed by atoms with Crippen LogP contribution in [-0.2, 0) is 4.79 Å². The Balaban J connectivity index is 1.86. The number of carbonyl (C=O) groups excluding carboxylic acids is 2. The average molecular weight is 439 g/mol. The fourth-order valence-electron chi connectivity index (χ4n) is 3.73. The SMILES string of the molecule is CCOc1cccc(N2C(=O)C(O)=C(C(=O)c3sc(C)nc3C)C2c2ccc(C)o2)c1. The fourth-order valence-corrected chi connectivity index (χ4v) is 4.60. The Morgan fingerprint density at radius 3 is 2.65 bits per heavy atom. The van der Waals surface area contributed by atoms with E-state index < -0.39 is 23.5 Å². The van der Waals surface area contributed by atoms with Crippen LogP contribution in [0.25, 0.3) is 0 Å². The summed E-state index contributed by atoms with van der Waals surface area (Å²) in [5.74, 6) is -0.0921. The first-order valence-corrected chi connectivity index (χ1v) is 10.7. The third kappa shape index (κ3) is 3.63. The topological polar surface area (TPSA) is 92.9 Å². The maximum Gasteiger partial charge on any atom is 0.294 e. The van der Waals surface area contributed by atoms with Crippen molar-refractivity contribution in [3.05, 3.63) is 74.8 Å². The Hall–Kier alpha value is -3.39. The van der Waals surface area contributed by atoms with Crippen LogP contribution in [0.2, 0.25) is 0 Å². The Kier molecular flexibility index (Phi) is 5.41. The number of ketones is 1. The van der Waals surface area contributed by atoms with Crippen molar-refractivity contribution in [2.24, 2.45) is 0 Å². The van der Waals surface area contributed by atoms with E-state index in [1.54, 1.807) is 57.2 Å².